The van der Waals surface area contributed by atoms with Crippen LogP contribution in [0.5, 0.6) is 0 Å². The summed E-state index contributed by atoms with van der Waals surface area (Å²) in [6.07, 6.45) is 69.7. The maximum atomic E-state index is 13.2. The number of carbonyl (C=O) groups is 4. The van der Waals surface area contributed by atoms with Gasteiger partial charge in [-0.05, 0) is 49.4 Å². The summed E-state index contributed by atoms with van der Waals surface area (Å²) in [7, 11) is -9.93. The summed E-state index contributed by atoms with van der Waals surface area (Å²) in [6.45, 7) is 14.4. The van der Waals surface area contributed by atoms with E-state index < -0.39 is 97.5 Å². The van der Waals surface area contributed by atoms with Crippen LogP contribution in [-0.2, 0) is 65.4 Å². The van der Waals surface area contributed by atoms with Crippen molar-refractivity contribution in [2.75, 3.05) is 39.6 Å². The smallest absolute Gasteiger partial charge is 0.462 e. The minimum absolute atomic E-state index is 0.107. The molecule has 0 aliphatic rings. The maximum Gasteiger partial charge on any atom is 0.472 e. The van der Waals surface area contributed by atoms with Crippen LogP contribution in [-0.4, -0.2) is 96.7 Å². The second-order valence-corrected chi connectivity index (χ2v) is 36.9. The molecule has 17 nitrogen and oxygen atoms in total. The lowest BCUT2D eigenvalue weighted by atomic mass is 9.99. The van der Waals surface area contributed by atoms with Crippen LogP contribution in [0.25, 0.3) is 0 Å². The van der Waals surface area contributed by atoms with E-state index in [9.17, 15) is 43.2 Å². The number of phosphoric ester groups is 2. The van der Waals surface area contributed by atoms with Gasteiger partial charge in [-0.15, -0.1) is 0 Å². The van der Waals surface area contributed by atoms with Gasteiger partial charge in [0.25, 0.3) is 0 Å². The van der Waals surface area contributed by atoms with Crippen LogP contribution in [0.2, 0.25) is 0 Å². The predicted octanol–water partition coefficient (Wildman–Crippen LogP) is 27.5. The van der Waals surface area contributed by atoms with E-state index in [4.69, 9.17) is 37.0 Å². The van der Waals surface area contributed by atoms with Crippen molar-refractivity contribution in [1.82, 2.24) is 0 Å². The lowest BCUT2D eigenvalue weighted by Crippen LogP contribution is -2.30. The number of hydrogen-bond acceptors (Lipinski definition) is 15. The number of hydrogen-bond donors (Lipinski definition) is 3. The molecular weight excluding hydrogens is 1410 g/mol. The van der Waals surface area contributed by atoms with Crippen molar-refractivity contribution in [2.24, 2.45) is 23.7 Å². The molecule has 0 aromatic rings. The molecule has 0 aromatic carbocycles. The van der Waals surface area contributed by atoms with Crippen molar-refractivity contribution < 1.29 is 80.2 Å². The van der Waals surface area contributed by atoms with E-state index in [1.54, 1.807) is 0 Å². The van der Waals surface area contributed by atoms with E-state index in [1.807, 2.05) is 0 Å². The van der Waals surface area contributed by atoms with E-state index in [1.165, 1.54) is 270 Å². The van der Waals surface area contributed by atoms with Crippen LogP contribution >= 0.6 is 15.6 Å². The maximum absolute atomic E-state index is 13.2. The van der Waals surface area contributed by atoms with Gasteiger partial charge in [0, 0.05) is 25.7 Å². The second-order valence-electron chi connectivity index (χ2n) is 34.0. The summed E-state index contributed by atoms with van der Waals surface area (Å²) >= 11 is 0. The van der Waals surface area contributed by atoms with Gasteiger partial charge in [0.15, 0.2) is 12.2 Å². The highest BCUT2D eigenvalue weighted by molar-refractivity contribution is 7.47. The molecule has 0 saturated carbocycles. The Bertz CT molecular complexity index is 2110. The van der Waals surface area contributed by atoms with Gasteiger partial charge in [0.05, 0.1) is 26.4 Å². The van der Waals surface area contributed by atoms with Crippen molar-refractivity contribution in [3.8, 4) is 0 Å². The molecule has 648 valence electrons. The number of phosphoric acid groups is 2. The van der Waals surface area contributed by atoms with Gasteiger partial charge in [-0.25, -0.2) is 9.13 Å². The number of ether oxygens (including phenoxy) is 4. The summed E-state index contributed by atoms with van der Waals surface area (Å²) in [5, 5.41) is 10.7. The van der Waals surface area contributed by atoms with Gasteiger partial charge in [-0.3, -0.25) is 37.3 Å². The van der Waals surface area contributed by atoms with Crippen molar-refractivity contribution in [3.63, 3.8) is 0 Å². The largest absolute Gasteiger partial charge is 0.472 e. The molecule has 0 rings (SSSR count). The van der Waals surface area contributed by atoms with Crippen LogP contribution in [0.3, 0.4) is 0 Å². The lowest BCUT2D eigenvalue weighted by molar-refractivity contribution is -0.161. The molecule has 0 spiro atoms. The molecule has 0 amide bonds. The summed E-state index contributed by atoms with van der Waals surface area (Å²) in [4.78, 5) is 73.3. The zero-order chi connectivity index (χ0) is 80.2. The molecule has 0 bridgehead atoms. The Kier molecular flexibility index (Phi) is 77.2. The molecule has 4 unspecified atom stereocenters. The Balaban J connectivity index is 5.19. The monoisotopic (exact) mass is 1590 g/mol. The Hall–Kier alpha value is -1.94. The summed E-state index contributed by atoms with van der Waals surface area (Å²) in [5.74, 6) is 1.06. The average molecular weight is 1590 g/mol. The zero-order valence-electron chi connectivity index (χ0n) is 72.2. The Morgan fingerprint density at radius 2 is 0.440 bits per heavy atom. The molecule has 0 radical (unpaired) electrons. The first-order valence-electron chi connectivity index (χ1n) is 46.2. The molecule has 3 N–H and O–H groups in total. The van der Waals surface area contributed by atoms with Gasteiger partial charge >= 0.3 is 39.5 Å². The second kappa shape index (κ2) is 78.6. The number of esters is 4. The highest BCUT2D eigenvalue weighted by Crippen LogP contribution is 2.45. The SMILES string of the molecule is CCC(C)CCCCCCCCCCCCCCCCCCCCC(=O)O[C@H](COC(=O)CCCCCCCCCCCCCCCCC(C)C)COP(=O)(O)OCC(O)COP(=O)(O)OC[C@@H](COC(=O)CCCCCCCCC(C)C)OC(=O)CCCCCCCCCCCCCCCCCCCCC(C)C. The molecule has 0 aromatic heterocycles. The fraction of sp³-hybridized carbons (Fsp3) is 0.956. The van der Waals surface area contributed by atoms with E-state index in [0.29, 0.717) is 31.6 Å². The quantitative estimate of drug-likeness (QED) is 0.0222. The summed E-state index contributed by atoms with van der Waals surface area (Å²) < 4.78 is 69.0. The van der Waals surface area contributed by atoms with Gasteiger partial charge in [-0.2, -0.15) is 0 Å². The third-order valence-electron chi connectivity index (χ3n) is 21.4. The standard InChI is InChI=1S/C90H176O17P2/c1-9-83(8)69-61-53-44-38-32-26-19-15-11-13-17-21-29-35-41-47-56-64-72-89(94)106-85(76-100-87(92)70-62-54-45-39-33-27-23-22-25-31-37-43-51-59-67-81(4)5)78-104-108(96,97)102-74-84(91)75-103-109(98,99)105-79-86(77-101-88(93)71-63-55-49-48-52-60-68-82(6)7)107-90(95)73-65-57-46-40-34-28-20-16-12-10-14-18-24-30-36-42-50-58-66-80(2)3/h80-86,91H,9-79H2,1-8H3,(H,96,97)(H,98,99)/t83?,84?,85-,86-/m1/s1. The number of unbranched alkanes of at least 4 members (excludes halogenated alkanes) is 52. The van der Waals surface area contributed by atoms with Crippen molar-refractivity contribution in [1.29, 1.82) is 0 Å². The fourth-order valence-electron chi connectivity index (χ4n) is 14.0. The fourth-order valence-corrected chi connectivity index (χ4v) is 15.6. The lowest BCUT2D eigenvalue weighted by Gasteiger charge is -2.21. The van der Waals surface area contributed by atoms with Crippen molar-refractivity contribution >= 4 is 39.5 Å². The minimum Gasteiger partial charge on any atom is -0.462 e. The van der Waals surface area contributed by atoms with Crippen LogP contribution in [0.1, 0.15) is 473 Å². The van der Waals surface area contributed by atoms with E-state index in [-0.39, 0.29) is 25.7 Å². The van der Waals surface area contributed by atoms with Crippen LogP contribution in [0, 0.1) is 23.7 Å². The van der Waals surface area contributed by atoms with E-state index in [2.05, 4.69) is 55.4 Å². The highest BCUT2D eigenvalue weighted by Gasteiger charge is 2.31. The zero-order valence-corrected chi connectivity index (χ0v) is 74.0. The van der Waals surface area contributed by atoms with Gasteiger partial charge < -0.3 is 33.8 Å². The first-order chi connectivity index (χ1) is 52.6. The predicted molar refractivity (Wildman–Crippen MR) is 451 cm³/mol. The summed E-state index contributed by atoms with van der Waals surface area (Å²) in [5.41, 5.74) is 0. The molecule has 109 heavy (non-hydrogen) atoms. The third kappa shape index (κ3) is 82.4. The Labute approximate surface area is 670 Å². The van der Waals surface area contributed by atoms with Crippen molar-refractivity contribution in [2.45, 2.75) is 491 Å². The first-order valence-corrected chi connectivity index (χ1v) is 49.2. The molecule has 6 atom stereocenters. The number of aliphatic hydroxyl groups excluding tert-OH is 1. The Morgan fingerprint density at radius 1 is 0.257 bits per heavy atom. The normalized spacial score (nSPS) is 14.1. The van der Waals surface area contributed by atoms with Crippen LogP contribution in [0.4, 0.5) is 0 Å². The van der Waals surface area contributed by atoms with E-state index >= 15 is 0 Å². The number of aliphatic hydroxyl groups is 1. The molecule has 19 heteroatoms. The number of rotatable bonds is 87. The van der Waals surface area contributed by atoms with Crippen LogP contribution in [0.15, 0.2) is 0 Å². The van der Waals surface area contributed by atoms with Gasteiger partial charge in [0.2, 0.25) is 0 Å². The average Bonchev–Trinajstić information content (AvgIpc) is 0.898. The van der Waals surface area contributed by atoms with E-state index in [0.717, 1.165) is 114 Å². The third-order valence-corrected chi connectivity index (χ3v) is 23.3. The topological polar surface area (TPSA) is 237 Å². The first kappa shape index (κ1) is 107. The molecular formula is C90H176O17P2. The molecule has 0 heterocycles. The van der Waals surface area contributed by atoms with Gasteiger partial charge in [-0.1, -0.05) is 421 Å². The summed E-state index contributed by atoms with van der Waals surface area (Å²) in [6, 6.07) is 0. The van der Waals surface area contributed by atoms with Crippen LogP contribution < -0.4 is 0 Å². The Morgan fingerprint density at radius 3 is 0.651 bits per heavy atom. The van der Waals surface area contributed by atoms with Crippen molar-refractivity contribution in [3.05, 3.63) is 0 Å². The van der Waals surface area contributed by atoms with Gasteiger partial charge in [0.1, 0.15) is 19.3 Å². The molecule has 0 aliphatic heterocycles. The molecule has 0 saturated heterocycles. The minimum atomic E-state index is -4.97. The molecule has 0 fully saturated rings. The highest BCUT2D eigenvalue weighted by atomic mass is 31.2. The molecule has 0 aliphatic carbocycles. The number of carbonyl (C=O) groups excluding carboxylic acids is 4.